The summed E-state index contributed by atoms with van der Waals surface area (Å²) in [6, 6.07) is 0. The maximum absolute atomic E-state index is 12.0. The Bertz CT molecular complexity index is 464. The van der Waals surface area contributed by atoms with Gasteiger partial charge in [-0.2, -0.15) is 0 Å². The predicted octanol–water partition coefficient (Wildman–Crippen LogP) is 2.53. The third kappa shape index (κ3) is 3.76. The molecule has 0 saturated heterocycles. The molecular weight excluding hydrogens is 262 g/mol. The van der Waals surface area contributed by atoms with Gasteiger partial charge in [0, 0.05) is 20.0 Å². The molecule has 0 radical (unpaired) electrons. The van der Waals surface area contributed by atoms with Crippen LogP contribution in [0.1, 0.15) is 42.1 Å². The molecule has 19 heavy (non-hydrogen) atoms. The average molecular weight is 283 g/mol. The van der Waals surface area contributed by atoms with Crippen LogP contribution in [-0.2, 0) is 4.79 Å². The summed E-state index contributed by atoms with van der Waals surface area (Å²) < 4.78 is 0. The molecule has 0 aromatic carbocycles. The number of aryl methyl sites for hydroxylation is 1. The summed E-state index contributed by atoms with van der Waals surface area (Å²) in [5.41, 5.74) is 0.656. The van der Waals surface area contributed by atoms with Crippen molar-refractivity contribution in [2.45, 2.75) is 33.6 Å². The number of carbonyl (C=O) groups is 2. The highest BCUT2D eigenvalue weighted by Gasteiger charge is 2.20. The van der Waals surface area contributed by atoms with Gasteiger partial charge in [-0.05, 0) is 19.8 Å². The van der Waals surface area contributed by atoms with Gasteiger partial charge in [-0.3, -0.25) is 9.59 Å². The molecule has 1 aromatic rings. The van der Waals surface area contributed by atoms with Crippen LogP contribution in [0.3, 0.4) is 0 Å². The van der Waals surface area contributed by atoms with Crippen molar-refractivity contribution in [2.75, 3.05) is 19.4 Å². The van der Waals surface area contributed by atoms with Crippen LogP contribution in [-0.4, -0.2) is 35.8 Å². The van der Waals surface area contributed by atoms with E-state index in [2.05, 4.69) is 10.3 Å². The monoisotopic (exact) mass is 283 g/mol. The van der Waals surface area contributed by atoms with E-state index >= 15 is 0 Å². The Morgan fingerprint density at radius 2 is 1.89 bits per heavy atom. The Morgan fingerprint density at radius 3 is 2.37 bits per heavy atom. The first-order valence-corrected chi connectivity index (χ1v) is 7.22. The highest BCUT2D eigenvalue weighted by molar-refractivity contribution is 7.17. The van der Waals surface area contributed by atoms with Crippen LogP contribution < -0.4 is 5.32 Å². The van der Waals surface area contributed by atoms with E-state index < -0.39 is 0 Å². The predicted molar refractivity (Wildman–Crippen MR) is 77.6 cm³/mol. The molecule has 2 amide bonds. The summed E-state index contributed by atoms with van der Waals surface area (Å²) in [7, 11) is 3.40. The van der Waals surface area contributed by atoms with Crippen LogP contribution in [0, 0.1) is 12.8 Å². The van der Waals surface area contributed by atoms with E-state index in [0.29, 0.717) is 15.7 Å². The smallest absolute Gasteiger partial charge is 0.265 e. The standard InChI is InChI=1S/C13H21N3O2S/c1-6-9(7-2)11(17)15-13-14-8(3)10(19-13)12(18)16(4)5/h9H,6-7H2,1-5H3,(H,14,15,17). The lowest BCUT2D eigenvalue weighted by atomic mass is 10.0. The van der Waals surface area contributed by atoms with Gasteiger partial charge in [-0.15, -0.1) is 0 Å². The first-order chi connectivity index (χ1) is 8.90. The highest BCUT2D eigenvalue weighted by atomic mass is 32.1. The zero-order valence-corrected chi connectivity index (χ0v) is 12.9. The van der Waals surface area contributed by atoms with E-state index in [0.717, 1.165) is 12.8 Å². The molecule has 1 aromatic heterocycles. The molecule has 1 heterocycles. The van der Waals surface area contributed by atoms with Gasteiger partial charge in [-0.1, -0.05) is 25.2 Å². The van der Waals surface area contributed by atoms with E-state index in [9.17, 15) is 9.59 Å². The van der Waals surface area contributed by atoms with Crippen LogP contribution in [0.4, 0.5) is 5.13 Å². The van der Waals surface area contributed by atoms with Crippen molar-refractivity contribution in [3.05, 3.63) is 10.6 Å². The lowest BCUT2D eigenvalue weighted by Gasteiger charge is -2.10. The number of carbonyl (C=O) groups excluding carboxylic acids is 2. The fourth-order valence-corrected chi connectivity index (χ4v) is 2.71. The maximum atomic E-state index is 12.0. The molecule has 0 atom stereocenters. The van der Waals surface area contributed by atoms with Crippen molar-refractivity contribution >= 4 is 28.3 Å². The van der Waals surface area contributed by atoms with E-state index in [4.69, 9.17) is 0 Å². The molecule has 0 spiro atoms. The van der Waals surface area contributed by atoms with E-state index in [1.165, 1.54) is 16.2 Å². The third-order valence-electron chi connectivity index (χ3n) is 2.98. The summed E-state index contributed by atoms with van der Waals surface area (Å²) in [5.74, 6) is -0.113. The van der Waals surface area contributed by atoms with Crippen molar-refractivity contribution < 1.29 is 9.59 Å². The minimum absolute atomic E-state index is 0.00259. The molecular formula is C13H21N3O2S. The van der Waals surface area contributed by atoms with Crippen molar-refractivity contribution in [2.24, 2.45) is 5.92 Å². The summed E-state index contributed by atoms with van der Waals surface area (Å²) >= 11 is 1.23. The summed E-state index contributed by atoms with van der Waals surface area (Å²) in [5, 5.41) is 3.30. The van der Waals surface area contributed by atoms with Crippen molar-refractivity contribution in [1.82, 2.24) is 9.88 Å². The Labute approximate surface area is 118 Å². The second kappa shape index (κ2) is 6.65. The second-order valence-electron chi connectivity index (χ2n) is 4.64. The van der Waals surface area contributed by atoms with E-state index in [1.54, 1.807) is 21.0 Å². The van der Waals surface area contributed by atoms with Crippen molar-refractivity contribution in [3.8, 4) is 0 Å². The highest BCUT2D eigenvalue weighted by Crippen LogP contribution is 2.24. The van der Waals surface area contributed by atoms with Gasteiger partial charge in [0.25, 0.3) is 5.91 Å². The summed E-state index contributed by atoms with van der Waals surface area (Å²) in [6.07, 6.45) is 1.60. The van der Waals surface area contributed by atoms with Gasteiger partial charge in [0.1, 0.15) is 4.88 Å². The Morgan fingerprint density at radius 1 is 1.32 bits per heavy atom. The molecule has 6 heteroatoms. The Kier molecular flexibility index (Phi) is 5.47. The largest absolute Gasteiger partial charge is 0.344 e. The van der Waals surface area contributed by atoms with Crippen LogP contribution >= 0.6 is 11.3 Å². The molecule has 5 nitrogen and oxygen atoms in total. The minimum atomic E-state index is -0.0852. The SMILES string of the molecule is CCC(CC)C(=O)Nc1nc(C)c(C(=O)N(C)C)s1. The molecule has 0 unspecified atom stereocenters. The molecule has 0 bridgehead atoms. The number of aromatic nitrogens is 1. The number of nitrogens with one attached hydrogen (secondary N) is 1. The van der Waals surface area contributed by atoms with Gasteiger partial charge in [0.15, 0.2) is 5.13 Å². The fraction of sp³-hybridized carbons (Fsp3) is 0.615. The number of rotatable bonds is 5. The molecule has 106 valence electrons. The Hall–Kier alpha value is -1.43. The van der Waals surface area contributed by atoms with Gasteiger partial charge >= 0.3 is 0 Å². The molecule has 0 aliphatic carbocycles. The first-order valence-electron chi connectivity index (χ1n) is 6.40. The molecule has 1 rings (SSSR count). The second-order valence-corrected chi connectivity index (χ2v) is 5.63. The number of hydrogen-bond acceptors (Lipinski definition) is 4. The third-order valence-corrected chi connectivity index (χ3v) is 4.04. The van der Waals surface area contributed by atoms with Crippen molar-refractivity contribution in [3.63, 3.8) is 0 Å². The zero-order valence-electron chi connectivity index (χ0n) is 12.1. The normalized spacial score (nSPS) is 10.6. The van der Waals surface area contributed by atoms with Gasteiger partial charge in [0.2, 0.25) is 5.91 Å². The molecule has 0 aliphatic heterocycles. The first kappa shape index (κ1) is 15.6. The quantitative estimate of drug-likeness (QED) is 0.903. The number of anilines is 1. The zero-order chi connectivity index (χ0) is 14.6. The Balaban J connectivity index is 2.85. The van der Waals surface area contributed by atoms with Crippen LogP contribution in [0.15, 0.2) is 0 Å². The van der Waals surface area contributed by atoms with Crippen LogP contribution in [0.5, 0.6) is 0 Å². The number of nitrogens with zero attached hydrogens (tertiary/aromatic N) is 2. The summed E-state index contributed by atoms with van der Waals surface area (Å²) in [6.45, 7) is 5.75. The molecule has 0 saturated carbocycles. The lowest BCUT2D eigenvalue weighted by molar-refractivity contribution is -0.120. The number of amides is 2. The van der Waals surface area contributed by atoms with Gasteiger partial charge < -0.3 is 10.2 Å². The van der Waals surface area contributed by atoms with Crippen LogP contribution in [0.2, 0.25) is 0 Å². The minimum Gasteiger partial charge on any atom is -0.344 e. The number of thiazole rings is 1. The van der Waals surface area contributed by atoms with Gasteiger partial charge in [0.05, 0.1) is 5.69 Å². The van der Waals surface area contributed by atoms with Crippen LogP contribution in [0.25, 0.3) is 0 Å². The summed E-state index contributed by atoms with van der Waals surface area (Å²) in [4.78, 5) is 30.2. The number of hydrogen-bond donors (Lipinski definition) is 1. The topological polar surface area (TPSA) is 62.3 Å². The van der Waals surface area contributed by atoms with Gasteiger partial charge in [-0.25, -0.2) is 4.98 Å². The fourth-order valence-electron chi connectivity index (χ4n) is 1.72. The van der Waals surface area contributed by atoms with Crippen molar-refractivity contribution in [1.29, 1.82) is 0 Å². The maximum Gasteiger partial charge on any atom is 0.265 e. The molecule has 1 N–H and O–H groups in total. The van der Waals surface area contributed by atoms with E-state index in [-0.39, 0.29) is 17.7 Å². The lowest BCUT2D eigenvalue weighted by Crippen LogP contribution is -2.21. The molecule has 0 fully saturated rings. The molecule has 0 aliphatic rings. The average Bonchev–Trinajstić information content (AvgIpc) is 2.70. The van der Waals surface area contributed by atoms with E-state index in [1.807, 2.05) is 13.8 Å².